The molecule has 2 amide bonds. The number of carbonyl (C=O) groups is 2. The largest absolute Gasteiger partial charge is 0.349 e. The maximum atomic E-state index is 12.4. The van der Waals surface area contributed by atoms with Gasteiger partial charge in [-0.15, -0.1) is 0 Å². The highest BCUT2D eigenvalue weighted by Gasteiger charge is 2.26. The second-order valence-corrected chi connectivity index (χ2v) is 7.48. The predicted molar refractivity (Wildman–Crippen MR) is 94.9 cm³/mol. The molecule has 2 aliphatic rings. The predicted octanol–water partition coefficient (Wildman–Crippen LogP) is 2.50. The Kier molecular flexibility index (Phi) is 5.19. The van der Waals surface area contributed by atoms with Gasteiger partial charge in [0.25, 0.3) is 5.91 Å². The van der Waals surface area contributed by atoms with Crippen molar-refractivity contribution in [3.05, 3.63) is 29.8 Å². The summed E-state index contributed by atoms with van der Waals surface area (Å²) in [5.74, 6) is 1.09. The summed E-state index contributed by atoms with van der Waals surface area (Å²) in [5.41, 5.74) is 1.14. The van der Waals surface area contributed by atoms with Crippen LogP contribution in [0.3, 0.4) is 0 Å². The van der Waals surface area contributed by atoms with Gasteiger partial charge in [-0.25, -0.2) is 0 Å². The topological polar surface area (TPSA) is 61.4 Å². The van der Waals surface area contributed by atoms with Gasteiger partial charge in [0.2, 0.25) is 5.91 Å². The molecule has 2 N–H and O–H groups in total. The van der Waals surface area contributed by atoms with Crippen molar-refractivity contribution >= 4 is 17.5 Å². The van der Waals surface area contributed by atoms with Gasteiger partial charge in [-0.05, 0) is 43.2 Å². The van der Waals surface area contributed by atoms with E-state index in [4.69, 9.17) is 0 Å². The number of amides is 2. The molecule has 1 aromatic rings. The number of benzene rings is 1. The molecule has 2 fully saturated rings. The van der Waals surface area contributed by atoms with Crippen LogP contribution in [0.25, 0.3) is 0 Å². The second-order valence-electron chi connectivity index (χ2n) is 7.48. The average Bonchev–Trinajstić information content (AvgIpc) is 3.30. The normalized spacial score (nSPS) is 24.4. The van der Waals surface area contributed by atoms with E-state index in [1.165, 1.54) is 6.42 Å². The van der Waals surface area contributed by atoms with E-state index < -0.39 is 0 Å². The number of carbonyl (C=O) groups excluding carboxylic acids is 2. The molecule has 1 saturated carbocycles. The first-order valence-electron chi connectivity index (χ1n) is 8.93. The smallest absolute Gasteiger partial charge is 0.253 e. The number of para-hydroxylation sites is 1. The zero-order valence-electron chi connectivity index (χ0n) is 14.5. The Balaban J connectivity index is 1.60. The van der Waals surface area contributed by atoms with Crippen molar-refractivity contribution in [3.63, 3.8) is 0 Å². The Hall–Kier alpha value is -1.88. The lowest BCUT2D eigenvalue weighted by atomic mass is 9.92. The average molecular weight is 329 g/mol. The Bertz CT molecular complexity index is 602. The minimum Gasteiger partial charge on any atom is -0.349 e. The summed E-state index contributed by atoms with van der Waals surface area (Å²) in [6.07, 6.45) is 3.32. The van der Waals surface area contributed by atoms with Gasteiger partial charge in [-0.3, -0.25) is 14.5 Å². The molecule has 5 nitrogen and oxygen atoms in total. The number of piperidine rings is 1. The van der Waals surface area contributed by atoms with E-state index in [1.807, 2.05) is 12.1 Å². The first kappa shape index (κ1) is 17.0. The van der Waals surface area contributed by atoms with Crippen molar-refractivity contribution < 1.29 is 9.59 Å². The number of hydrogen-bond acceptors (Lipinski definition) is 3. The molecule has 3 rings (SSSR count). The van der Waals surface area contributed by atoms with Crippen LogP contribution in [0.15, 0.2) is 24.3 Å². The van der Waals surface area contributed by atoms with Gasteiger partial charge in [0, 0.05) is 19.1 Å². The lowest BCUT2D eigenvalue weighted by Gasteiger charge is -2.34. The molecule has 5 heteroatoms. The van der Waals surface area contributed by atoms with E-state index in [0.717, 1.165) is 25.9 Å². The Morgan fingerprint density at radius 3 is 2.46 bits per heavy atom. The van der Waals surface area contributed by atoms with Gasteiger partial charge in [-0.2, -0.15) is 0 Å². The third-order valence-electron chi connectivity index (χ3n) is 4.67. The van der Waals surface area contributed by atoms with Gasteiger partial charge >= 0.3 is 0 Å². The summed E-state index contributed by atoms with van der Waals surface area (Å²) in [5, 5.41) is 5.90. The van der Waals surface area contributed by atoms with Crippen LogP contribution in [0.4, 0.5) is 5.69 Å². The molecule has 0 radical (unpaired) electrons. The second kappa shape index (κ2) is 7.34. The highest BCUT2D eigenvalue weighted by atomic mass is 16.2. The monoisotopic (exact) mass is 329 g/mol. The molecule has 1 heterocycles. The summed E-state index contributed by atoms with van der Waals surface area (Å²) in [7, 11) is 0. The minimum absolute atomic E-state index is 0.0528. The first-order valence-corrected chi connectivity index (χ1v) is 8.93. The zero-order valence-corrected chi connectivity index (χ0v) is 14.5. The van der Waals surface area contributed by atoms with Crippen molar-refractivity contribution in [2.45, 2.75) is 39.2 Å². The zero-order chi connectivity index (χ0) is 17.1. The van der Waals surface area contributed by atoms with Crippen LogP contribution in [0.1, 0.15) is 43.5 Å². The molecule has 0 bridgehead atoms. The molecule has 2 atom stereocenters. The number of nitrogens with one attached hydrogen (secondary N) is 2. The number of nitrogens with zero attached hydrogens (tertiary/aromatic N) is 1. The van der Waals surface area contributed by atoms with Gasteiger partial charge in [-0.1, -0.05) is 26.0 Å². The van der Waals surface area contributed by atoms with E-state index in [1.54, 1.807) is 12.1 Å². The van der Waals surface area contributed by atoms with Crippen molar-refractivity contribution in [2.24, 2.45) is 11.8 Å². The Labute approximate surface area is 143 Å². The standard InChI is InChI=1S/C19H27N3O2/c1-13-9-14(2)11-22(10-13)12-18(23)21-17-6-4-3-5-16(17)19(24)20-15-7-8-15/h3-6,13-15H,7-12H2,1-2H3,(H,20,24)(H,21,23)/t13-,14-/m1/s1. The van der Waals surface area contributed by atoms with E-state index in [2.05, 4.69) is 29.4 Å². The maximum absolute atomic E-state index is 12.4. The van der Waals surface area contributed by atoms with Crippen molar-refractivity contribution in [2.75, 3.05) is 25.0 Å². The van der Waals surface area contributed by atoms with Gasteiger partial charge in [0.15, 0.2) is 0 Å². The van der Waals surface area contributed by atoms with Gasteiger partial charge < -0.3 is 10.6 Å². The van der Waals surface area contributed by atoms with Crippen LogP contribution in [-0.4, -0.2) is 42.4 Å². The van der Waals surface area contributed by atoms with E-state index in [0.29, 0.717) is 35.7 Å². The first-order chi connectivity index (χ1) is 11.5. The van der Waals surface area contributed by atoms with E-state index >= 15 is 0 Å². The molecular formula is C19H27N3O2. The molecule has 1 aliphatic heterocycles. The fraction of sp³-hybridized carbons (Fsp3) is 0.579. The minimum atomic E-state index is -0.103. The lowest BCUT2D eigenvalue weighted by molar-refractivity contribution is -0.117. The fourth-order valence-corrected chi connectivity index (χ4v) is 3.59. The number of rotatable bonds is 5. The number of hydrogen-bond donors (Lipinski definition) is 2. The fourth-order valence-electron chi connectivity index (χ4n) is 3.59. The summed E-state index contributed by atoms with van der Waals surface area (Å²) >= 11 is 0. The molecule has 0 unspecified atom stereocenters. The van der Waals surface area contributed by atoms with Crippen LogP contribution < -0.4 is 10.6 Å². The van der Waals surface area contributed by atoms with Crippen LogP contribution in [0.5, 0.6) is 0 Å². The Morgan fingerprint density at radius 1 is 1.12 bits per heavy atom. The quantitative estimate of drug-likeness (QED) is 0.872. The van der Waals surface area contributed by atoms with Crippen molar-refractivity contribution in [1.82, 2.24) is 10.2 Å². The van der Waals surface area contributed by atoms with Crippen LogP contribution in [0.2, 0.25) is 0 Å². The summed E-state index contributed by atoms with van der Waals surface area (Å²) in [4.78, 5) is 26.9. The molecule has 1 saturated heterocycles. The molecule has 130 valence electrons. The maximum Gasteiger partial charge on any atom is 0.253 e. The third-order valence-corrected chi connectivity index (χ3v) is 4.67. The highest BCUT2D eigenvalue weighted by molar-refractivity contribution is 6.04. The summed E-state index contributed by atoms with van der Waals surface area (Å²) in [6, 6.07) is 7.53. The molecule has 24 heavy (non-hydrogen) atoms. The molecule has 1 aromatic carbocycles. The van der Waals surface area contributed by atoms with Crippen molar-refractivity contribution in [3.8, 4) is 0 Å². The van der Waals surface area contributed by atoms with E-state index in [-0.39, 0.29) is 11.8 Å². The van der Waals surface area contributed by atoms with Crippen LogP contribution >= 0.6 is 0 Å². The molecule has 1 aliphatic carbocycles. The van der Waals surface area contributed by atoms with E-state index in [9.17, 15) is 9.59 Å². The molecular weight excluding hydrogens is 302 g/mol. The van der Waals surface area contributed by atoms with Gasteiger partial charge in [0.05, 0.1) is 17.8 Å². The SMILES string of the molecule is C[C@@H]1C[C@@H](C)CN(CC(=O)Nc2ccccc2C(=O)NC2CC2)C1. The van der Waals surface area contributed by atoms with Crippen LogP contribution in [0, 0.1) is 11.8 Å². The van der Waals surface area contributed by atoms with Gasteiger partial charge in [0.1, 0.15) is 0 Å². The third kappa shape index (κ3) is 4.57. The van der Waals surface area contributed by atoms with Crippen LogP contribution in [-0.2, 0) is 4.79 Å². The molecule has 0 aromatic heterocycles. The number of likely N-dealkylation sites (tertiary alicyclic amines) is 1. The Morgan fingerprint density at radius 2 is 1.79 bits per heavy atom. The van der Waals surface area contributed by atoms with Crippen molar-refractivity contribution in [1.29, 1.82) is 0 Å². The lowest BCUT2D eigenvalue weighted by Crippen LogP contribution is -2.43. The summed E-state index contributed by atoms with van der Waals surface area (Å²) < 4.78 is 0. The summed E-state index contributed by atoms with van der Waals surface area (Å²) in [6.45, 7) is 6.77. The highest BCUT2D eigenvalue weighted by Crippen LogP contribution is 2.22. The molecule has 0 spiro atoms. The number of anilines is 1.